The molecule has 1 aromatic rings. The molecule has 1 fully saturated rings. The van der Waals surface area contributed by atoms with Crippen LogP contribution in [0.3, 0.4) is 0 Å². The molecule has 6 heteroatoms. The molecule has 0 spiro atoms. The van der Waals surface area contributed by atoms with Gasteiger partial charge in [-0.25, -0.2) is 9.78 Å². The van der Waals surface area contributed by atoms with Crippen molar-refractivity contribution >= 4 is 35.1 Å². The zero-order chi connectivity index (χ0) is 13.8. The van der Waals surface area contributed by atoms with E-state index >= 15 is 0 Å². The Bertz CT molecular complexity index is 470. The summed E-state index contributed by atoms with van der Waals surface area (Å²) in [5, 5.41) is 13.1. The largest absolute Gasteiger partial charge is 0.476 e. The summed E-state index contributed by atoms with van der Waals surface area (Å²) in [4.78, 5) is 15.1. The van der Waals surface area contributed by atoms with Gasteiger partial charge in [0.1, 0.15) is 5.82 Å². The number of hydrogen-bond donors (Lipinski definition) is 2. The molecule has 4 nitrogen and oxygen atoms in total. The molecule has 1 heterocycles. The summed E-state index contributed by atoms with van der Waals surface area (Å²) in [5.41, 5.74) is -0.0932. The number of carboxylic acid groups (broad SMARTS) is 1. The Hall–Kier alpha value is -0.940. The van der Waals surface area contributed by atoms with Crippen LogP contribution in [0.5, 0.6) is 0 Å². The van der Waals surface area contributed by atoms with Crippen LogP contribution in [0.4, 0.5) is 5.82 Å². The fourth-order valence-corrected chi connectivity index (χ4v) is 3.75. The van der Waals surface area contributed by atoms with Gasteiger partial charge in [0.25, 0.3) is 0 Å². The van der Waals surface area contributed by atoms with Crippen LogP contribution in [-0.2, 0) is 0 Å². The zero-order valence-corrected chi connectivity index (χ0v) is 12.3. The average molecular weight is 301 g/mol. The van der Waals surface area contributed by atoms with Gasteiger partial charge in [-0.1, -0.05) is 24.9 Å². The molecule has 1 aromatic heterocycles. The SMILES string of the molecule is CCSC1CCCC1Nc1ccc(Cl)c(C(=O)O)n1. The Morgan fingerprint density at radius 1 is 1.58 bits per heavy atom. The molecule has 0 aliphatic heterocycles. The van der Waals surface area contributed by atoms with E-state index in [0.717, 1.165) is 12.2 Å². The first-order chi connectivity index (χ1) is 9.11. The van der Waals surface area contributed by atoms with Crippen molar-refractivity contribution in [1.82, 2.24) is 4.98 Å². The molecule has 2 atom stereocenters. The number of nitrogens with zero attached hydrogens (tertiary/aromatic N) is 1. The van der Waals surface area contributed by atoms with Gasteiger partial charge in [-0.3, -0.25) is 0 Å². The number of nitrogens with one attached hydrogen (secondary N) is 1. The van der Waals surface area contributed by atoms with E-state index in [-0.39, 0.29) is 10.7 Å². The van der Waals surface area contributed by atoms with Gasteiger partial charge >= 0.3 is 5.97 Å². The highest BCUT2D eigenvalue weighted by molar-refractivity contribution is 7.99. The van der Waals surface area contributed by atoms with Crippen LogP contribution >= 0.6 is 23.4 Å². The fraction of sp³-hybridized carbons (Fsp3) is 0.538. The lowest BCUT2D eigenvalue weighted by Gasteiger charge is -2.20. The van der Waals surface area contributed by atoms with Crippen molar-refractivity contribution in [2.75, 3.05) is 11.1 Å². The van der Waals surface area contributed by atoms with Gasteiger partial charge in [0.05, 0.1) is 5.02 Å². The summed E-state index contributed by atoms with van der Waals surface area (Å²) in [6, 6.07) is 3.68. The molecule has 0 bridgehead atoms. The molecule has 1 aliphatic rings. The maximum Gasteiger partial charge on any atom is 0.356 e. The third-order valence-corrected chi connectivity index (χ3v) is 4.85. The second kappa shape index (κ2) is 6.48. The van der Waals surface area contributed by atoms with Gasteiger partial charge in [-0.05, 0) is 30.7 Å². The molecule has 0 radical (unpaired) electrons. The van der Waals surface area contributed by atoms with Gasteiger partial charge in [0, 0.05) is 11.3 Å². The first kappa shape index (κ1) is 14.5. The second-order valence-electron chi connectivity index (χ2n) is 4.51. The Kier molecular flexibility index (Phi) is 4.93. The van der Waals surface area contributed by atoms with Crippen LogP contribution in [-0.4, -0.2) is 33.1 Å². The monoisotopic (exact) mass is 300 g/mol. The summed E-state index contributed by atoms with van der Waals surface area (Å²) in [7, 11) is 0. The summed E-state index contributed by atoms with van der Waals surface area (Å²) in [6.45, 7) is 2.16. The number of carboxylic acids is 1. The number of halogens is 1. The van der Waals surface area contributed by atoms with Gasteiger partial charge < -0.3 is 10.4 Å². The normalized spacial score (nSPS) is 22.4. The van der Waals surface area contributed by atoms with Crippen LogP contribution in [0.15, 0.2) is 12.1 Å². The number of thioether (sulfide) groups is 1. The van der Waals surface area contributed by atoms with Crippen LogP contribution in [0.25, 0.3) is 0 Å². The highest BCUT2D eigenvalue weighted by atomic mass is 35.5. The number of pyridine rings is 1. The van der Waals surface area contributed by atoms with E-state index in [0.29, 0.717) is 17.1 Å². The number of anilines is 1. The van der Waals surface area contributed by atoms with Crippen LogP contribution in [0.2, 0.25) is 5.02 Å². The number of rotatable bonds is 5. The Labute approximate surface area is 121 Å². The van der Waals surface area contributed by atoms with E-state index < -0.39 is 5.97 Å². The third kappa shape index (κ3) is 3.54. The van der Waals surface area contributed by atoms with Gasteiger partial charge in [-0.15, -0.1) is 0 Å². The molecule has 2 unspecified atom stereocenters. The van der Waals surface area contributed by atoms with E-state index in [2.05, 4.69) is 17.2 Å². The third-order valence-electron chi connectivity index (χ3n) is 3.22. The van der Waals surface area contributed by atoms with Gasteiger partial charge in [0.15, 0.2) is 5.69 Å². The first-order valence-electron chi connectivity index (χ1n) is 6.39. The zero-order valence-electron chi connectivity index (χ0n) is 10.7. The molecule has 19 heavy (non-hydrogen) atoms. The summed E-state index contributed by atoms with van der Waals surface area (Å²) >= 11 is 7.76. The summed E-state index contributed by atoms with van der Waals surface area (Å²) < 4.78 is 0. The van der Waals surface area contributed by atoms with Crippen molar-refractivity contribution in [3.05, 3.63) is 22.8 Å². The molecule has 1 aliphatic carbocycles. The van der Waals surface area contributed by atoms with Crippen molar-refractivity contribution in [2.24, 2.45) is 0 Å². The standard InChI is InChI=1S/C13H17ClN2O2S/c1-2-19-10-5-3-4-9(10)15-11-7-6-8(14)12(16-11)13(17)18/h6-7,9-10H,2-5H2,1H3,(H,15,16)(H,17,18). The summed E-state index contributed by atoms with van der Waals surface area (Å²) in [6.07, 6.45) is 3.51. The lowest BCUT2D eigenvalue weighted by Crippen LogP contribution is -2.27. The van der Waals surface area contributed by atoms with Crippen LogP contribution in [0.1, 0.15) is 36.7 Å². The van der Waals surface area contributed by atoms with E-state index in [1.165, 1.54) is 12.8 Å². The van der Waals surface area contributed by atoms with E-state index in [9.17, 15) is 4.79 Å². The Morgan fingerprint density at radius 2 is 2.37 bits per heavy atom. The van der Waals surface area contributed by atoms with Gasteiger partial charge in [-0.2, -0.15) is 11.8 Å². The van der Waals surface area contributed by atoms with Crippen molar-refractivity contribution in [2.45, 2.75) is 37.5 Å². The van der Waals surface area contributed by atoms with Crippen molar-refractivity contribution in [3.63, 3.8) is 0 Å². The molecule has 0 aromatic carbocycles. The highest BCUT2D eigenvalue weighted by Gasteiger charge is 2.27. The molecular weight excluding hydrogens is 284 g/mol. The predicted octanol–water partition coefficient (Wildman–Crippen LogP) is 3.52. The minimum Gasteiger partial charge on any atom is -0.476 e. The Morgan fingerprint density at radius 3 is 3.05 bits per heavy atom. The van der Waals surface area contributed by atoms with Crippen molar-refractivity contribution in [1.29, 1.82) is 0 Å². The van der Waals surface area contributed by atoms with Gasteiger partial charge in [0.2, 0.25) is 0 Å². The number of carbonyl (C=O) groups is 1. The molecule has 2 rings (SSSR count). The number of aromatic carboxylic acids is 1. The fourth-order valence-electron chi connectivity index (χ4n) is 2.37. The van der Waals surface area contributed by atoms with E-state index in [4.69, 9.17) is 16.7 Å². The number of hydrogen-bond acceptors (Lipinski definition) is 4. The predicted molar refractivity (Wildman–Crippen MR) is 79.4 cm³/mol. The van der Waals surface area contributed by atoms with E-state index in [1.54, 1.807) is 12.1 Å². The quantitative estimate of drug-likeness (QED) is 0.871. The second-order valence-corrected chi connectivity index (χ2v) is 6.43. The van der Waals surface area contributed by atoms with E-state index in [1.807, 2.05) is 11.8 Å². The minimum atomic E-state index is -1.10. The smallest absolute Gasteiger partial charge is 0.356 e. The first-order valence-corrected chi connectivity index (χ1v) is 7.82. The molecule has 1 saturated carbocycles. The van der Waals surface area contributed by atoms with Crippen LogP contribution in [0, 0.1) is 0 Å². The Balaban J connectivity index is 2.10. The lowest BCUT2D eigenvalue weighted by molar-refractivity contribution is 0.0691. The molecule has 0 amide bonds. The van der Waals surface area contributed by atoms with Crippen molar-refractivity contribution in [3.8, 4) is 0 Å². The maximum atomic E-state index is 11.0. The molecule has 104 valence electrons. The molecule has 2 N–H and O–H groups in total. The average Bonchev–Trinajstić information content (AvgIpc) is 2.79. The highest BCUT2D eigenvalue weighted by Crippen LogP contribution is 2.32. The minimum absolute atomic E-state index is 0.0932. The van der Waals surface area contributed by atoms with Crippen LogP contribution < -0.4 is 5.32 Å². The lowest BCUT2D eigenvalue weighted by atomic mass is 10.2. The van der Waals surface area contributed by atoms with Crippen molar-refractivity contribution < 1.29 is 9.90 Å². The summed E-state index contributed by atoms with van der Waals surface area (Å²) in [5.74, 6) is 0.590. The molecular formula is C13H17ClN2O2S. The number of aromatic nitrogens is 1. The topological polar surface area (TPSA) is 62.2 Å². The maximum absolute atomic E-state index is 11.0. The molecule has 0 saturated heterocycles.